The summed E-state index contributed by atoms with van der Waals surface area (Å²) in [5.74, 6) is -0.249. The lowest BCUT2D eigenvalue weighted by molar-refractivity contribution is 0.102. The van der Waals surface area contributed by atoms with Gasteiger partial charge in [0.2, 0.25) is 0 Å². The number of piperidine rings is 1. The zero-order valence-corrected chi connectivity index (χ0v) is 18.9. The van der Waals surface area contributed by atoms with Gasteiger partial charge in [0, 0.05) is 11.6 Å². The van der Waals surface area contributed by atoms with E-state index >= 15 is 0 Å². The van der Waals surface area contributed by atoms with Crippen molar-refractivity contribution in [2.24, 2.45) is 0 Å². The van der Waals surface area contributed by atoms with E-state index in [9.17, 15) is 9.59 Å². The highest BCUT2D eigenvalue weighted by Crippen LogP contribution is 2.29. The van der Waals surface area contributed by atoms with Crippen LogP contribution in [0.15, 0.2) is 36.4 Å². The second-order valence-corrected chi connectivity index (χ2v) is 9.20. The molecule has 0 saturated carbocycles. The largest absolute Gasteiger partial charge is 0.335 e. The number of aryl methyl sites for hydroxylation is 1. The van der Waals surface area contributed by atoms with Crippen LogP contribution in [0.4, 0.5) is 15.6 Å². The molecule has 1 aliphatic rings. The molecule has 3 amide bonds. The van der Waals surface area contributed by atoms with Gasteiger partial charge in [-0.25, -0.2) is 9.78 Å². The number of nitrogens with one attached hydrogen (secondary N) is 3. The van der Waals surface area contributed by atoms with Gasteiger partial charge in [-0.15, -0.1) is 0 Å². The number of carbonyl (C=O) groups excluding carboxylic acids is 2. The average Bonchev–Trinajstić information content (AvgIpc) is 3.13. The smallest absolute Gasteiger partial charge is 0.321 e. The van der Waals surface area contributed by atoms with E-state index in [1.54, 1.807) is 24.3 Å². The van der Waals surface area contributed by atoms with Crippen LogP contribution < -0.4 is 16.0 Å². The second-order valence-electron chi connectivity index (χ2n) is 7.76. The Labute approximate surface area is 189 Å². The number of aromatic nitrogens is 1. The fraction of sp³-hybridized carbons (Fsp3) is 0.318. The number of para-hydroxylation sites is 1. The number of likely N-dealkylation sites (tertiary alicyclic amines) is 1. The van der Waals surface area contributed by atoms with Gasteiger partial charge in [-0.2, -0.15) is 0 Å². The Kier molecular flexibility index (Phi) is 6.41. The van der Waals surface area contributed by atoms with E-state index in [-0.39, 0.29) is 18.0 Å². The topological polar surface area (TPSA) is 86.4 Å². The van der Waals surface area contributed by atoms with E-state index in [4.69, 9.17) is 11.6 Å². The summed E-state index contributed by atoms with van der Waals surface area (Å²) in [7, 11) is 2.08. The Morgan fingerprint density at radius 3 is 2.68 bits per heavy atom. The minimum Gasteiger partial charge on any atom is -0.335 e. The summed E-state index contributed by atoms with van der Waals surface area (Å²) in [6, 6.07) is 10.7. The predicted octanol–water partition coefficient (Wildman–Crippen LogP) is 4.73. The molecule has 3 N–H and O–H groups in total. The van der Waals surface area contributed by atoms with Gasteiger partial charge in [-0.1, -0.05) is 35.1 Å². The van der Waals surface area contributed by atoms with Gasteiger partial charge in [0.25, 0.3) is 5.91 Å². The maximum Gasteiger partial charge on any atom is 0.321 e. The molecule has 1 fully saturated rings. The lowest BCUT2D eigenvalue weighted by Crippen LogP contribution is -2.44. The Morgan fingerprint density at radius 2 is 1.94 bits per heavy atom. The molecule has 1 aliphatic heterocycles. The normalized spacial score (nSPS) is 15.1. The van der Waals surface area contributed by atoms with E-state index in [1.807, 2.05) is 19.1 Å². The van der Waals surface area contributed by atoms with Crippen LogP contribution in [-0.2, 0) is 0 Å². The number of fused-ring (bicyclic) bond motifs is 1. The van der Waals surface area contributed by atoms with Crippen molar-refractivity contribution in [3.63, 3.8) is 0 Å². The first-order chi connectivity index (χ1) is 14.9. The number of hydrogen-bond donors (Lipinski definition) is 3. The zero-order chi connectivity index (χ0) is 22.0. The summed E-state index contributed by atoms with van der Waals surface area (Å²) in [6.07, 6.45) is 1.88. The molecule has 1 aromatic heterocycles. The number of hydrogen-bond acceptors (Lipinski definition) is 5. The van der Waals surface area contributed by atoms with Crippen LogP contribution in [0, 0.1) is 6.92 Å². The summed E-state index contributed by atoms with van der Waals surface area (Å²) in [4.78, 5) is 31.8. The standard InChI is InChI=1S/C22H24ClN5O2S/c1-13-4-3-5-16(23)19(13)26-20(29)14-6-7-17-18(12-14)31-22(25-17)27-21(30)24-15-8-10-28(2)11-9-15/h3-7,12,15H,8-11H2,1-2H3,(H,26,29)(H2,24,25,27,30). The van der Waals surface area contributed by atoms with Gasteiger partial charge in [0.15, 0.2) is 5.13 Å². The molecular formula is C22H24ClN5O2S. The summed E-state index contributed by atoms with van der Waals surface area (Å²) in [5, 5.41) is 9.70. The SMILES string of the molecule is Cc1cccc(Cl)c1NC(=O)c1ccc2nc(NC(=O)NC3CCN(C)CC3)sc2c1. The summed E-state index contributed by atoms with van der Waals surface area (Å²) >= 11 is 7.55. The van der Waals surface area contributed by atoms with Gasteiger partial charge in [-0.3, -0.25) is 10.1 Å². The number of thiazole rings is 1. The molecule has 4 rings (SSSR count). The first kappa shape index (κ1) is 21.5. The van der Waals surface area contributed by atoms with E-state index in [0.717, 1.165) is 41.7 Å². The summed E-state index contributed by atoms with van der Waals surface area (Å²) < 4.78 is 0.818. The van der Waals surface area contributed by atoms with E-state index in [0.29, 0.717) is 21.4 Å². The predicted molar refractivity (Wildman–Crippen MR) is 126 cm³/mol. The number of benzene rings is 2. The fourth-order valence-corrected chi connectivity index (χ4v) is 4.74. The second kappa shape index (κ2) is 9.21. The van der Waals surface area contributed by atoms with Crippen molar-refractivity contribution in [1.82, 2.24) is 15.2 Å². The van der Waals surface area contributed by atoms with Crippen LogP contribution in [0.25, 0.3) is 10.2 Å². The molecule has 0 aliphatic carbocycles. The lowest BCUT2D eigenvalue weighted by Gasteiger charge is -2.29. The molecule has 0 bridgehead atoms. The van der Waals surface area contributed by atoms with Crippen molar-refractivity contribution in [2.45, 2.75) is 25.8 Å². The molecule has 0 radical (unpaired) electrons. The van der Waals surface area contributed by atoms with E-state index in [2.05, 4.69) is 32.9 Å². The molecule has 0 atom stereocenters. The maximum absolute atomic E-state index is 12.7. The zero-order valence-electron chi connectivity index (χ0n) is 17.4. The molecule has 0 spiro atoms. The third-order valence-corrected chi connectivity index (χ3v) is 6.63. The third kappa shape index (κ3) is 5.15. The van der Waals surface area contributed by atoms with Gasteiger partial charge in [-0.05, 0) is 69.7 Å². The fourth-order valence-electron chi connectivity index (χ4n) is 3.57. The first-order valence-electron chi connectivity index (χ1n) is 10.1. The van der Waals surface area contributed by atoms with Crippen LogP contribution in [0.1, 0.15) is 28.8 Å². The lowest BCUT2D eigenvalue weighted by atomic mass is 10.1. The van der Waals surface area contributed by atoms with Gasteiger partial charge >= 0.3 is 6.03 Å². The first-order valence-corrected chi connectivity index (χ1v) is 11.3. The van der Waals surface area contributed by atoms with Gasteiger partial charge in [0.05, 0.1) is 20.9 Å². The molecule has 1 saturated heterocycles. The van der Waals surface area contributed by atoms with Crippen LogP contribution in [0.5, 0.6) is 0 Å². The molecule has 31 heavy (non-hydrogen) atoms. The Bertz CT molecular complexity index is 1100. The number of amides is 3. The summed E-state index contributed by atoms with van der Waals surface area (Å²) in [6.45, 7) is 3.84. The van der Waals surface area contributed by atoms with Gasteiger partial charge in [0.1, 0.15) is 0 Å². The Morgan fingerprint density at radius 1 is 1.16 bits per heavy atom. The minimum absolute atomic E-state index is 0.175. The molecule has 3 aromatic rings. The molecule has 9 heteroatoms. The van der Waals surface area contributed by atoms with E-state index < -0.39 is 0 Å². The molecule has 162 valence electrons. The highest BCUT2D eigenvalue weighted by molar-refractivity contribution is 7.22. The maximum atomic E-state index is 12.7. The van der Waals surface area contributed by atoms with Crippen LogP contribution in [0.2, 0.25) is 5.02 Å². The Balaban J connectivity index is 1.43. The number of nitrogens with zero attached hydrogens (tertiary/aromatic N) is 2. The van der Waals surface area contributed by atoms with E-state index in [1.165, 1.54) is 11.3 Å². The number of anilines is 2. The summed E-state index contributed by atoms with van der Waals surface area (Å²) in [5.41, 5.74) is 2.72. The highest BCUT2D eigenvalue weighted by Gasteiger charge is 2.19. The van der Waals surface area contributed by atoms with Crippen molar-refractivity contribution in [3.05, 3.63) is 52.5 Å². The van der Waals surface area contributed by atoms with Crippen molar-refractivity contribution in [2.75, 3.05) is 30.8 Å². The van der Waals surface area contributed by atoms with Crippen molar-refractivity contribution < 1.29 is 9.59 Å². The molecule has 2 aromatic carbocycles. The number of halogens is 1. The average molecular weight is 458 g/mol. The van der Waals surface area contributed by atoms with Crippen molar-refractivity contribution in [1.29, 1.82) is 0 Å². The van der Waals surface area contributed by atoms with Crippen molar-refractivity contribution in [3.8, 4) is 0 Å². The highest BCUT2D eigenvalue weighted by atomic mass is 35.5. The molecule has 7 nitrogen and oxygen atoms in total. The quantitative estimate of drug-likeness (QED) is 0.528. The molecular weight excluding hydrogens is 434 g/mol. The van der Waals surface area contributed by atoms with Crippen LogP contribution >= 0.6 is 22.9 Å². The van der Waals surface area contributed by atoms with Crippen molar-refractivity contribution >= 4 is 55.9 Å². The third-order valence-electron chi connectivity index (χ3n) is 5.39. The number of carbonyl (C=O) groups is 2. The molecule has 2 heterocycles. The van der Waals surface area contributed by atoms with Gasteiger partial charge < -0.3 is 15.5 Å². The number of rotatable bonds is 4. The monoisotopic (exact) mass is 457 g/mol. The van der Waals surface area contributed by atoms with Crippen LogP contribution in [0.3, 0.4) is 0 Å². The molecule has 0 unspecified atom stereocenters. The minimum atomic E-state index is -0.249. The number of urea groups is 1. The van der Waals surface area contributed by atoms with Crippen LogP contribution in [-0.4, -0.2) is 48.0 Å². The Hall–Kier alpha value is -2.68.